The van der Waals surface area contributed by atoms with Crippen LogP contribution in [0, 0.1) is 5.95 Å². The van der Waals surface area contributed by atoms with Gasteiger partial charge in [-0.25, -0.2) is 9.97 Å². The predicted octanol–water partition coefficient (Wildman–Crippen LogP) is 2.96. The van der Waals surface area contributed by atoms with E-state index in [1.54, 1.807) is 18.3 Å². The van der Waals surface area contributed by atoms with Crippen molar-refractivity contribution in [2.24, 2.45) is 10.7 Å². The molecule has 0 spiro atoms. The van der Waals surface area contributed by atoms with Crippen LogP contribution in [0.4, 0.5) is 10.1 Å². The minimum absolute atomic E-state index is 0.0681. The molecule has 0 radical (unpaired) electrons. The van der Waals surface area contributed by atoms with Crippen molar-refractivity contribution in [3.8, 4) is 0 Å². The molecule has 3 N–H and O–H groups in total. The SMILES string of the molecule is CC1(c2cccc(NC(=O)c3ccc(Cl)c(F)n3)c2)Cn2ccnc2C(N)=N1. The van der Waals surface area contributed by atoms with Gasteiger partial charge in [-0.1, -0.05) is 23.7 Å². The Balaban J connectivity index is 1.60. The summed E-state index contributed by atoms with van der Waals surface area (Å²) in [6.07, 6.45) is 3.53. The third-order valence-electron chi connectivity index (χ3n) is 4.57. The summed E-state index contributed by atoms with van der Waals surface area (Å²) in [5.41, 5.74) is 6.77. The number of benzene rings is 1. The van der Waals surface area contributed by atoms with Gasteiger partial charge in [-0.2, -0.15) is 4.39 Å². The molecule has 1 aliphatic heterocycles. The van der Waals surface area contributed by atoms with Crippen LogP contribution in [0.15, 0.2) is 53.8 Å². The van der Waals surface area contributed by atoms with Gasteiger partial charge in [0.1, 0.15) is 11.2 Å². The number of carbonyl (C=O) groups is 1. The number of carbonyl (C=O) groups excluding carboxylic acids is 1. The van der Waals surface area contributed by atoms with Crippen molar-refractivity contribution in [2.45, 2.75) is 19.0 Å². The molecule has 142 valence electrons. The van der Waals surface area contributed by atoms with Gasteiger partial charge in [-0.15, -0.1) is 0 Å². The predicted molar refractivity (Wildman–Crippen MR) is 104 cm³/mol. The molecule has 0 saturated heterocycles. The van der Waals surface area contributed by atoms with Crippen molar-refractivity contribution in [1.82, 2.24) is 14.5 Å². The number of halogens is 2. The summed E-state index contributed by atoms with van der Waals surface area (Å²) in [5, 5.41) is 2.58. The molecule has 2 aromatic heterocycles. The van der Waals surface area contributed by atoms with Crippen LogP contribution in [0.5, 0.6) is 0 Å². The Bertz CT molecular complexity index is 1110. The molecule has 0 bridgehead atoms. The topological polar surface area (TPSA) is 98.2 Å². The van der Waals surface area contributed by atoms with Crippen LogP contribution in [-0.4, -0.2) is 26.3 Å². The number of amides is 1. The summed E-state index contributed by atoms with van der Waals surface area (Å²) >= 11 is 5.61. The number of fused-ring (bicyclic) bond motifs is 1. The standard InChI is InChI=1S/C19H16ClFN6O/c1-19(10-27-8-7-23-17(27)16(22)26-19)11-3-2-4-12(9-11)24-18(28)14-6-5-13(20)15(21)25-14/h2-9H,10H2,1H3,(H2,22,26)(H,24,28). The van der Waals surface area contributed by atoms with E-state index in [4.69, 9.17) is 17.3 Å². The number of aliphatic imine (C=N–C) groups is 1. The summed E-state index contributed by atoms with van der Waals surface area (Å²) in [5.74, 6) is -0.438. The fourth-order valence-electron chi connectivity index (χ4n) is 3.18. The summed E-state index contributed by atoms with van der Waals surface area (Å²) in [7, 11) is 0. The van der Waals surface area contributed by atoms with Crippen LogP contribution >= 0.6 is 11.6 Å². The maximum absolute atomic E-state index is 13.5. The Morgan fingerprint density at radius 2 is 2.18 bits per heavy atom. The number of pyridine rings is 1. The van der Waals surface area contributed by atoms with Gasteiger partial charge >= 0.3 is 0 Å². The maximum atomic E-state index is 13.5. The zero-order valence-electron chi connectivity index (χ0n) is 14.9. The summed E-state index contributed by atoms with van der Waals surface area (Å²) in [4.78, 5) is 24.8. The van der Waals surface area contributed by atoms with Crippen molar-refractivity contribution in [2.75, 3.05) is 5.32 Å². The molecular formula is C19H16ClFN6O. The van der Waals surface area contributed by atoms with Crippen LogP contribution in [0.2, 0.25) is 5.02 Å². The maximum Gasteiger partial charge on any atom is 0.274 e. The van der Waals surface area contributed by atoms with Gasteiger partial charge in [-0.3, -0.25) is 9.79 Å². The molecule has 0 saturated carbocycles. The molecule has 28 heavy (non-hydrogen) atoms. The Morgan fingerprint density at radius 3 is 2.96 bits per heavy atom. The van der Waals surface area contributed by atoms with Gasteiger partial charge in [0.15, 0.2) is 11.7 Å². The van der Waals surface area contributed by atoms with Gasteiger partial charge < -0.3 is 15.6 Å². The lowest BCUT2D eigenvalue weighted by molar-refractivity contribution is 0.102. The minimum Gasteiger partial charge on any atom is -0.381 e. The Labute approximate surface area is 165 Å². The summed E-state index contributed by atoms with van der Waals surface area (Å²) in [6, 6.07) is 9.91. The lowest BCUT2D eigenvalue weighted by atomic mass is 9.91. The van der Waals surface area contributed by atoms with E-state index in [0.29, 0.717) is 23.9 Å². The molecule has 1 unspecified atom stereocenters. The molecule has 3 aromatic rings. The van der Waals surface area contributed by atoms with Crippen LogP contribution in [0.3, 0.4) is 0 Å². The zero-order chi connectivity index (χ0) is 19.9. The van der Waals surface area contributed by atoms with Crippen LogP contribution in [0.1, 0.15) is 28.8 Å². The normalized spacial score (nSPS) is 18.3. The largest absolute Gasteiger partial charge is 0.381 e. The van der Waals surface area contributed by atoms with Crippen LogP contribution in [0.25, 0.3) is 0 Å². The fourth-order valence-corrected chi connectivity index (χ4v) is 3.28. The van der Waals surface area contributed by atoms with E-state index in [9.17, 15) is 9.18 Å². The number of nitrogens with zero attached hydrogens (tertiary/aromatic N) is 4. The molecule has 7 nitrogen and oxygen atoms in total. The number of rotatable bonds is 3. The highest BCUT2D eigenvalue weighted by atomic mass is 35.5. The second kappa shape index (κ2) is 6.72. The van der Waals surface area contributed by atoms with E-state index in [2.05, 4.69) is 20.3 Å². The smallest absolute Gasteiger partial charge is 0.274 e. The number of nitrogens with one attached hydrogen (secondary N) is 1. The van der Waals surface area contributed by atoms with Crippen molar-refractivity contribution in [3.63, 3.8) is 0 Å². The molecule has 1 amide bonds. The first-order chi connectivity index (χ1) is 13.4. The molecule has 1 aromatic carbocycles. The Kier molecular flexibility index (Phi) is 4.35. The zero-order valence-corrected chi connectivity index (χ0v) is 15.6. The van der Waals surface area contributed by atoms with Gasteiger partial charge in [0, 0.05) is 18.1 Å². The van der Waals surface area contributed by atoms with Crippen LogP contribution < -0.4 is 11.1 Å². The van der Waals surface area contributed by atoms with Crippen molar-refractivity contribution < 1.29 is 9.18 Å². The third-order valence-corrected chi connectivity index (χ3v) is 4.85. The van der Waals surface area contributed by atoms with Crippen LogP contribution in [-0.2, 0) is 12.1 Å². The lowest BCUT2D eigenvalue weighted by Crippen LogP contribution is -2.37. The van der Waals surface area contributed by atoms with E-state index >= 15 is 0 Å². The number of amidine groups is 1. The van der Waals surface area contributed by atoms with Gasteiger partial charge in [0.25, 0.3) is 5.91 Å². The lowest BCUT2D eigenvalue weighted by Gasteiger charge is -2.31. The number of aromatic nitrogens is 3. The molecular weight excluding hydrogens is 383 g/mol. The minimum atomic E-state index is -0.890. The first-order valence-corrected chi connectivity index (χ1v) is 8.84. The van der Waals surface area contributed by atoms with Crippen molar-refractivity contribution >= 4 is 29.0 Å². The van der Waals surface area contributed by atoms with Crippen molar-refractivity contribution in [1.29, 1.82) is 0 Å². The molecule has 4 rings (SSSR count). The van der Waals surface area contributed by atoms with Gasteiger partial charge in [-0.05, 0) is 36.8 Å². The Hall–Kier alpha value is -3.26. The van der Waals surface area contributed by atoms with E-state index in [1.165, 1.54) is 12.1 Å². The second-order valence-electron chi connectivity index (χ2n) is 6.65. The second-order valence-corrected chi connectivity index (χ2v) is 7.06. The summed E-state index contributed by atoms with van der Waals surface area (Å²) in [6.45, 7) is 2.52. The van der Waals surface area contributed by atoms with Gasteiger partial charge in [0.05, 0.1) is 11.6 Å². The molecule has 9 heteroatoms. The van der Waals surface area contributed by atoms with Gasteiger partial charge in [0.2, 0.25) is 5.95 Å². The average Bonchev–Trinajstić information content (AvgIpc) is 3.13. The highest BCUT2D eigenvalue weighted by molar-refractivity contribution is 6.30. The van der Waals surface area contributed by atoms with E-state index in [1.807, 2.05) is 29.8 Å². The molecule has 1 aliphatic rings. The first-order valence-electron chi connectivity index (χ1n) is 8.46. The Morgan fingerprint density at radius 1 is 1.36 bits per heavy atom. The quantitative estimate of drug-likeness (QED) is 0.662. The average molecular weight is 399 g/mol. The number of hydrogen-bond acceptors (Lipinski definition) is 5. The van der Waals surface area contributed by atoms with E-state index < -0.39 is 17.4 Å². The van der Waals surface area contributed by atoms with Crippen molar-refractivity contribution in [3.05, 3.63) is 76.8 Å². The molecule has 0 aliphatic carbocycles. The highest BCUT2D eigenvalue weighted by Gasteiger charge is 2.32. The highest BCUT2D eigenvalue weighted by Crippen LogP contribution is 2.32. The van der Waals surface area contributed by atoms with E-state index in [0.717, 1.165) is 5.56 Å². The third kappa shape index (κ3) is 3.22. The number of nitrogens with two attached hydrogens (primary N) is 1. The fraction of sp³-hybridized carbons (Fsp3) is 0.158. The number of imidazole rings is 1. The monoisotopic (exact) mass is 398 g/mol. The molecule has 0 fully saturated rings. The molecule has 1 atom stereocenters. The number of hydrogen-bond donors (Lipinski definition) is 2. The number of anilines is 1. The summed E-state index contributed by atoms with van der Waals surface area (Å²) < 4.78 is 15.4. The first kappa shape index (κ1) is 18.1. The molecule has 3 heterocycles. The van der Waals surface area contributed by atoms with E-state index in [-0.39, 0.29) is 10.7 Å².